The minimum absolute atomic E-state index is 0.0928. The van der Waals surface area contributed by atoms with E-state index in [9.17, 15) is 9.59 Å². The highest BCUT2D eigenvalue weighted by atomic mass is 35.5. The first-order chi connectivity index (χ1) is 14.5. The lowest BCUT2D eigenvalue weighted by Crippen LogP contribution is -2.20. The number of ether oxygens (including phenoxy) is 1. The van der Waals surface area contributed by atoms with Crippen molar-refractivity contribution >= 4 is 39.1 Å². The number of benzene rings is 1. The van der Waals surface area contributed by atoms with E-state index in [1.54, 1.807) is 35.8 Å². The predicted molar refractivity (Wildman–Crippen MR) is 111 cm³/mol. The molecule has 0 spiro atoms. The van der Waals surface area contributed by atoms with Crippen LogP contribution in [0.2, 0.25) is 5.02 Å². The molecule has 0 radical (unpaired) electrons. The second-order valence-corrected chi connectivity index (χ2v) is 8.34. The smallest absolute Gasteiger partial charge is 0.349 e. The summed E-state index contributed by atoms with van der Waals surface area (Å²) in [6.07, 6.45) is 1.69. The minimum Gasteiger partial charge on any atom is -0.451 e. The maximum atomic E-state index is 12.8. The van der Waals surface area contributed by atoms with Gasteiger partial charge in [0.05, 0.1) is 5.39 Å². The summed E-state index contributed by atoms with van der Waals surface area (Å²) in [5.74, 6) is 0.701. The van der Waals surface area contributed by atoms with Crippen molar-refractivity contribution in [2.24, 2.45) is 0 Å². The summed E-state index contributed by atoms with van der Waals surface area (Å²) >= 11 is 7.05. The first-order valence-electron chi connectivity index (χ1n) is 9.29. The van der Waals surface area contributed by atoms with Crippen molar-refractivity contribution < 1.29 is 13.9 Å². The Balaban J connectivity index is 1.36. The highest BCUT2D eigenvalue weighted by Crippen LogP contribution is 2.29. The van der Waals surface area contributed by atoms with Gasteiger partial charge < -0.3 is 9.15 Å². The van der Waals surface area contributed by atoms with Gasteiger partial charge >= 0.3 is 5.97 Å². The molecular formula is C20H15ClN4O4S. The molecule has 0 amide bonds. The van der Waals surface area contributed by atoms with Gasteiger partial charge in [-0.2, -0.15) is 0 Å². The molecule has 0 fully saturated rings. The third-order valence-electron chi connectivity index (χ3n) is 4.98. The number of hydrogen-bond donors (Lipinski definition) is 0. The van der Waals surface area contributed by atoms with Crippen LogP contribution in [0.4, 0.5) is 0 Å². The standard InChI is InChI=1S/C20H15ClN4O4S/c1-10-15-18(22-13-3-2-8-25(13)19(15)26)30-16(10)20(27)28-9-14-23-24-17(29-14)11-4-6-12(21)7-5-11/h4-7H,2-3,8-9H2,1H3. The molecule has 30 heavy (non-hydrogen) atoms. The molecule has 0 saturated heterocycles. The number of carbonyl (C=O) groups is 1. The summed E-state index contributed by atoms with van der Waals surface area (Å²) < 4.78 is 12.6. The Kier molecular flexibility index (Phi) is 4.63. The summed E-state index contributed by atoms with van der Waals surface area (Å²) in [4.78, 5) is 30.9. The lowest BCUT2D eigenvalue weighted by Gasteiger charge is -2.02. The third-order valence-corrected chi connectivity index (χ3v) is 6.40. The van der Waals surface area contributed by atoms with E-state index >= 15 is 0 Å². The van der Waals surface area contributed by atoms with Crippen molar-refractivity contribution in [2.75, 3.05) is 0 Å². The number of rotatable bonds is 4. The Morgan fingerprint density at radius 1 is 1.30 bits per heavy atom. The van der Waals surface area contributed by atoms with Crippen molar-refractivity contribution in [3.05, 3.63) is 61.8 Å². The van der Waals surface area contributed by atoms with Gasteiger partial charge in [0.2, 0.25) is 5.89 Å². The number of carbonyl (C=O) groups excluding carboxylic acids is 1. The molecule has 0 bridgehead atoms. The van der Waals surface area contributed by atoms with Crippen molar-refractivity contribution in [3.8, 4) is 11.5 Å². The lowest BCUT2D eigenvalue weighted by atomic mass is 10.2. The summed E-state index contributed by atoms with van der Waals surface area (Å²) in [7, 11) is 0. The monoisotopic (exact) mass is 442 g/mol. The van der Waals surface area contributed by atoms with Gasteiger partial charge in [-0.15, -0.1) is 21.5 Å². The van der Waals surface area contributed by atoms with Gasteiger partial charge in [-0.3, -0.25) is 9.36 Å². The van der Waals surface area contributed by atoms with Crippen LogP contribution in [0, 0.1) is 6.92 Å². The zero-order valence-corrected chi connectivity index (χ0v) is 17.4. The molecule has 1 aliphatic rings. The van der Waals surface area contributed by atoms with Gasteiger partial charge in [-0.1, -0.05) is 11.6 Å². The SMILES string of the molecule is Cc1c(C(=O)OCc2nnc(-c3ccc(Cl)cc3)o2)sc2nc3n(c(=O)c12)CCC3. The van der Waals surface area contributed by atoms with Crippen molar-refractivity contribution in [1.29, 1.82) is 0 Å². The largest absolute Gasteiger partial charge is 0.451 e. The number of esters is 1. The molecule has 8 nitrogen and oxygen atoms in total. The topological polar surface area (TPSA) is 100 Å². The van der Waals surface area contributed by atoms with E-state index in [1.165, 1.54) is 11.3 Å². The molecule has 152 valence electrons. The number of halogens is 1. The van der Waals surface area contributed by atoms with Gasteiger partial charge in [0.1, 0.15) is 15.5 Å². The summed E-state index contributed by atoms with van der Waals surface area (Å²) in [5, 5.41) is 8.96. The van der Waals surface area contributed by atoms with E-state index in [-0.39, 0.29) is 18.1 Å². The molecule has 0 atom stereocenters. The molecule has 0 aliphatic carbocycles. The van der Waals surface area contributed by atoms with E-state index in [0.29, 0.717) is 43.7 Å². The van der Waals surface area contributed by atoms with Gasteiger partial charge in [0.15, 0.2) is 6.61 Å². The molecule has 0 N–H and O–H groups in total. The number of fused-ring (bicyclic) bond motifs is 2. The van der Waals surface area contributed by atoms with E-state index in [0.717, 1.165) is 18.7 Å². The molecule has 0 unspecified atom stereocenters. The van der Waals surface area contributed by atoms with Gasteiger partial charge in [-0.05, 0) is 43.2 Å². The molecule has 1 aromatic carbocycles. The molecule has 10 heteroatoms. The van der Waals surface area contributed by atoms with E-state index in [2.05, 4.69) is 15.2 Å². The van der Waals surface area contributed by atoms with Crippen LogP contribution >= 0.6 is 22.9 Å². The fourth-order valence-electron chi connectivity index (χ4n) is 3.48. The fourth-order valence-corrected chi connectivity index (χ4v) is 4.69. The van der Waals surface area contributed by atoms with Crippen LogP contribution in [0.25, 0.3) is 21.7 Å². The first kappa shape index (κ1) is 19.0. The number of hydrogen-bond acceptors (Lipinski definition) is 8. The lowest BCUT2D eigenvalue weighted by molar-refractivity contribution is 0.0444. The normalized spacial score (nSPS) is 13.0. The van der Waals surface area contributed by atoms with Crippen molar-refractivity contribution in [2.45, 2.75) is 32.9 Å². The summed E-state index contributed by atoms with van der Waals surface area (Å²) in [5.41, 5.74) is 1.21. The van der Waals surface area contributed by atoms with Crippen LogP contribution in [0.5, 0.6) is 0 Å². The summed E-state index contributed by atoms with van der Waals surface area (Å²) in [6, 6.07) is 6.96. The fraction of sp³-hybridized carbons (Fsp3) is 0.250. The van der Waals surface area contributed by atoms with Gasteiger partial charge in [-0.25, -0.2) is 9.78 Å². The minimum atomic E-state index is -0.550. The Morgan fingerprint density at radius 2 is 2.10 bits per heavy atom. The molecule has 0 saturated carbocycles. The van der Waals surface area contributed by atoms with Gasteiger partial charge in [0.25, 0.3) is 11.4 Å². The number of thiophene rings is 1. The third kappa shape index (κ3) is 3.20. The maximum absolute atomic E-state index is 12.8. The van der Waals surface area contributed by atoms with E-state index in [4.69, 9.17) is 20.8 Å². The predicted octanol–water partition coefficient (Wildman–Crippen LogP) is 3.77. The Hall–Kier alpha value is -3.04. The van der Waals surface area contributed by atoms with E-state index in [1.807, 2.05) is 0 Å². The zero-order chi connectivity index (χ0) is 20.8. The van der Waals surface area contributed by atoms with Crippen LogP contribution in [0.1, 0.15) is 33.4 Å². The van der Waals surface area contributed by atoms with Gasteiger partial charge in [0, 0.05) is 23.6 Å². The number of aryl methyl sites for hydroxylation is 2. The number of aromatic nitrogens is 4. The van der Waals surface area contributed by atoms with E-state index < -0.39 is 5.97 Å². The molecule has 4 aromatic rings. The highest BCUT2D eigenvalue weighted by molar-refractivity contribution is 7.20. The summed E-state index contributed by atoms with van der Waals surface area (Å²) in [6.45, 7) is 2.24. The second kappa shape index (κ2) is 7.33. The zero-order valence-electron chi connectivity index (χ0n) is 15.8. The van der Waals surface area contributed by atoms with Crippen molar-refractivity contribution in [1.82, 2.24) is 19.7 Å². The molecule has 5 rings (SSSR count). The van der Waals surface area contributed by atoms with Crippen LogP contribution < -0.4 is 5.56 Å². The average molecular weight is 443 g/mol. The highest BCUT2D eigenvalue weighted by Gasteiger charge is 2.24. The molecular weight excluding hydrogens is 428 g/mol. The second-order valence-electron chi connectivity index (χ2n) is 6.91. The maximum Gasteiger partial charge on any atom is 0.349 e. The Labute approximate surface area is 179 Å². The first-order valence-corrected chi connectivity index (χ1v) is 10.5. The molecule has 4 heterocycles. The van der Waals surface area contributed by atoms with Crippen LogP contribution in [-0.2, 0) is 24.3 Å². The van der Waals surface area contributed by atoms with Crippen LogP contribution in [-0.4, -0.2) is 25.7 Å². The number of nitrogens with zero attached hydrogens (tertiary/aromatic N) is 4. The molecule has 3 aromatic heterocycles. The molecule has 1 aliphatic heterocycles. The Morgan fingerprint density at radius 3 is 2.90 bits per heavy atom. The van der Waals surface area contributed by atoms with Crippen LogP contribution in [0.3, 0.4) is 0 Å². The quantitative estimate of drug-likeness (QED) is 0.443. The average Bonchev–Trinajstić information content (AvgIpc) is 3.46. The van der Waals surface area contributed by atoms with Crippen molar-refractivity contribution in [3.63, 3.8) is 0 Å². The Bertz CT molecular complexity index is 1340. The van der Waals surface area contributed by atoms with Crippen LogP contribution in [0.15, 0.2) is 33.5 Å².